The lowest BCUT2D eigenvalue weighted by atomic mass is 10.0. The SMILES string of the molecule is CC(C)C(NC(=O)OC(C)(C)C)C(=O)NCCCNCCCCNCCCN. The average Bonchev–Trinajstić information content (AvgIpc) is 2.58. The summed E-state index contributed by atoms with van der Waals surface area (Å²) in [5, 5.41) is 12.3. The lowest BCUT2D eigenvalue weighted by molar-refractivity contribution is -0.124. The van der Waals surface area contributed by atoms with Crippen LogP contribution in [0.15, 0.2) is 0 Å². The van der Waals surface area contributed by atoms with E-state index in [1.54, 1.807) is 20.8 Å². The van der Waals surface area contributed by atoms with Crippen LogP contribution in [0.25, 0.3) is 0 Å². The van der Waals surface area contributed by atoms with Crippen LogP contribution in [0.2, 0.25) is 0 Å². The van der Waals surface area contributed by atoms with E-state index >= 15 is 0 Å². The first kappa shape index (κ1) is 26.6. The third-order valence-corrected chi connectivity index (χ3v) is 3.97. The Hall–Kier alpha value is -1.38. The highest BCUT2D eigenvalue weighted by Gasteiger charge is 2.26. The molecule has 0 heterocycles. The van der Waals surface area contributed by atoms with Gasteiger partial charge in [-0.15, -0.1) is 0 Å². The molecule has 2 amide bonds. The van der Waals surface area contributed by atoms with Gasteiger partial charge in [-0.3, -0.25) is 4.79 Å². The van der Waals surface area contributed by atoms with Crippen LogP contribution >= 0.6 is 0 Å². The molecule has 0 aliphatic heterocycles. The van der Waals surface area contributed by atoms with E-state index in [4.69, 9.17) is 10.5 Å². The van der Waals surface area contributed by atoms with E-state index in [9.17, 15) is 9.59 Å². The first-order valence-corrected chi connectivity index (χ1v) is 10.6. The summed E-state index contributed by atoms with van der Waals surface area (Å²) in [6.45, 7) is 14.3. The Labute approximate surface area is 171 Å². The number of unbranched alkanes of at least 4 members (excludes halogenated alkanes) is 1. The maximum Gasteiger partial charge on any atom is 0.408 e. The van der Waals surface area contributed by atoms with Gasteiger partial charge in [0.15, 0.2) is 0 Å². The highest BCUT2D eigenvalue weighted by Crippen LogP contribution is 2.08. The lowest BCUT2D eigenvalue weighted by Gasteiger charge is -2.25. The molecule has 0 aliphatic rings. The highest BCUT2D eigenvalue weighted by atomic mass is 16.6. The Kier molecular flexibility index (Phi) is 14.8. The molecule has 0 fully saturated rings. The maximum absolute atomic E-state index is 12.4. The largest absolute Gasteiger partial charge is 0.444 e. The van der Waals surface area contributed by atoms with Crippen LogP contribution in [0.1, 0.15) is 60.3 Å². The second-order valence-electron chi connectivity index (χ2n) is 8.36. The third-order valence-electron chi connectivity index (χ3n) is 3.97. The Balaban J connectivity index is 3.82. The van der Waals surface area contributed by atoms with Crippen molar-refractivity contribution in [1.29, 1.82) is 0 Å². The summed E-state index contributed by atoms with van der Waals surface area (Å²) < 4.78 is 5.24. The smallest absolute Gasteiger partial charge is 0.408 e. The van der Waals surface area contributed by atoms with Gasteiger partial charge in [-0.25, -0.2) is 4.79 Å². The topological polar surface area (TPSA) is 118 Å². The molecule has 0 rings (SSSR count). The minimum absolute atomic E-state index is 0.0240. The zero-order valence-electron chi connectivity index (χ0n) is 18.5. The quantitative estimate of drug-likeness (QED) is 0.264. The molecule has 1 unspecified atom stereocenters. The van der Waals surface area contributed by atoms with Gasteiger partial charge in [0, 0.05) is 6.54 Å². The van der Waals surface area contributed by atoms with Crippen LogP contribution in [-0.2, 0) is 9.53 Å². The van der Waals surface area contributed by atoms with E-state index in [1.165, 1.54) is 0 Å². The van der Waals surface area contributed by atoms with Gasteiger partial charge in [0.05, 0.1) is 0 Å². The molecule has 0 aromatic rings. The van der Waals surface area contributed by atoms with Gasteiger partial charge in [0.2, 0.25) is 5.91 Å². The van der Waals surface area contributed by atoms with Crippen LogP contribution < -0.4 is 27.0 Å². The van der Waals surface area contributed by atoms with Crippen molar-refractivity contribution in [2.24, 2.45) is 11.7 Å². The van der Waals surface area contributed by atoms with Crippen LogP contribution in [0.3, 0.4) is 0 Å². The van der Waals surface area contributed by atoms with Crippen molar-refractivity contribution in [2.45, 2.75) is 71.9 Å². The Bertz CT molecular complexity index is 425. The minimum Gasteiger partial charge on any atom is -0.444 e. The lowest BCUT2D eigenvalue weighted by Crippen LogP contribution is -2.51. The van der Waals surface area contributed by atoms with E-state index in [2.05, 4.69) is 21.3 Å². The third kappa shape index (κ3) is 15.7. The molecule has 0 saturated heterocycles. The predicted molar refractivity (Wildman–Crippen MR) is 114 cm³/mol. The Morgan fingerprint density at radius 2 is 1.43 bits per heavy atom. The molecular formula is C20H43N5O3. The molecule has 0 aromatic heterocycles. The molecule has 166 valence electrons. The van der Waals surface area contributed by atoms with Crippen molar-refractivity contribution < 1.29 is 14.3 Å². The Morgan fingerprint density at radius 1 is 0.893 bits per heavy atom. The molecule has 8 heteroatoms. The second-order valence-corrected chi connectivity index (χ2v) is 8.36. The summed E-state index contributed by atoms with van der Waals surface area (Å²) >= 11 is 0. The number of carbonyl (C=O) groups excluding carboxylic acids is 2. The fourth-order valence-corrected chi connectivity index (χ4v) is 2.48. The normalized spacial score (nSPS) is 12.7. The summed E-state index contributed by atoms with van der Waals surface area (Å²) in [6.07, 6.45) is 3.56. The molecule has 0 radical (unpaired) electrons. The molecule has 1 atom stereocenters. The summed E-state index contributed by atoms with van der Waals surface area (Å²) in [5.74, 6) is -0.200. The van der Waals surface area contributed by atoms with Crippen molar-refractivity contribution in [3.8, 4) is 0 Å². The molecule has 6 N–H and O–H groups in total. The monoisotopic (exact) mass is 401 g/mol. The van der Waals surface area contributed by atoms with E-state index in [0.29, 0.717) is 6.54 Å². The van der Waals surface area contributed by atoms with Crippen molar-refractivity contribution in [1.82, 2.24) is 21.3 Å². The molecule has 28 heavy (non-hydrogen) atoms. The summed E-state index contributed by atoms with van der Waals surface area (Å²) in [6, 6.07) is -0.602. The van der Waals surface area contributed by atoms with Gasteiger partial charge in [-0.1, -0.05) is 13.8 Å². The van der Waals surface area contributed by atoms with Crippen molar-refractivity contribution in [3.63, 3.8) is 0 Å². The number of ether oxygens (including phenoxy) is 1. The van der Waals surface area contributed by atoms with Crippen LogP contribution in [0.4, 0.5) is 4.79 Å². The van der Waals surface area contributed by atoms with E-state index in [1.807, 2.05) is 13.8 Å². The summed E-state index contributed by atoms with van der Waals surface area (Å²) in [5.41, 5.74) is 4.85. The number of alkyl carbamates (subject to hydrolysis) is 1. The highest BCUT2D eigenvalue weighted by molar-refractivity contribution is 5.85. The van der Waals surface area contributed by atoms with E-state index < -0.39 is 17.7 Å². The van der Waals surface area contributed by atoms with Crippen molar-refractivity contribution >= 4 is 12.0 Å². The zero-order valence-corrected chi connectivity index (χ0v) is 18.5. The molecule has 0 bridgehead atoms. The van der Waals surface area contributed by atoms with Gasteiger partial charge < -0.3 is 31.7 Å². The second kappa shape index (κ2) is 15.5. The minimum atomic E-state index is -0.602. The fourth-order valence-electron chi connectivity index (χ4n) is 2.48. The van der Waals surface area contributed by atoms with Crippen LogP contribution in [-0.4, -0.2) is 62.9 Å². The number of nitrogens with two attached hydrogens (primary N) is 1. The van der Waals surface area contributed by atoms with Crippen LogP contribution in [0, 0.1) is 5.92 Å². The molecule has 0 spiro atoms. The number of hydrogen-bond donors (Lipinski definition) is 5. The number of amides is 2. The summed E-state index contributed by atoms with van der Waals surface area (Å²) in [7, 11) is 0. The van der Waals surface area contributed by atoms with Crippen molar-refractivity contribution in [2.75, 3.05) is 39.3 Å². The number of nitrogens with one attached hydrogen (secondary N) is 4. The predicted octanol–water partition coefficient (Wildman–Crippen LogP) is 1.35. The number of carbonyl (C=O) groups is 2. The maximum atomic E-state index is 12.4. The standard InChI is InChI=1S/C20H43N5O3/c1-16(2)17(25-19(27)28-20(3,4)5)18(26)24-15-9-14-23-12-7-6-11-22-13-8-10-21/h16-17,22-23H,6-15,21H2,1-5H3,(H,24,26)(H,25,27). The van der Waals surface area contributed by atoms with Gasteiger partial charge in [-0.05, 0) is 85.1 Å². The van der Waals surface area contributed by atoms with Gasteiger partial charge in [0.1, 0.15) is 11.6 Å². The fraction of sp³-hybridized carbons (Fsp3) is 0.900. The summed E-state index contributed by atoms with van der Waals surface area (Å²) in [4.78, 5) is 24.3. The average molecular weight is 402 g/mol. The molecule has 8 nitrogen and oxygen atoms in total. The molecule has 0 aromatic carbocycles. The number of rotatable bonds is 15. The first-order chi connectivity index (χ1) is 13.2. The molecular weight excluding hydrogens is 358 g/mol. The van der Waals surface area contributed by atoms with Crippen LogP contribution in [0.5, 0.6) is 0 Å². The van der Waals surface area contributed by atoms with E-state index in [-0.39, 0.29) is 11.8 Å². The van der Waals surface area contributed by atoms with E-state index in [0.717, 1.165) is 58.4 Å². The first-order valence-electron chi connectivity index (χ1n) is 10.6. The van der Waals surface area contributed by atoms with Gasteiger partial charge in [-0.2, -0.15) is 0 Å². The Morgan fingerprint density at radius 3 is 1.93 bits per heavy atom. The zero-order chi connectivity index (χ0) is 21.4. The van der Waals surface area contributed by atoms with Crippen molar-refractivity contribution in [3.05, 3.63) is 0 Å². The van der Waals surface area contributed by atoms with Gasteiger partial charge in [0.25, 0.3) is 0 Å². The molecule has 0 aliphatic carbocycles. The molecule has 0 saturated carbocycles. The van der Waals surface area contributed by atoms with Gasteiger partial charge >= 0.3 is 6.09 Å². The number of hydrogen-bond acceptors (Lipinski definition) is 6.